The van der Waals surface area contributed by atoms with Crippen molar-refractivity contribution in [3.63, 3.8) is 0 Å². The third kappa shape index (κ3) is 3.38. The molecule has 0 bridgehead atoms. The van der Waals surface area contributed by atoms with Gasteiger partial charge in [0.15, 0.2) is 0 Å². The first-order chi connectivity index (χ1) is 12.4. The summed E-state index contributed by atoms with van der Waals surface area (Å²) in [7, 11) is 1.93. The number of aryl methyl sites for hydroxylation is 1. The maximum absolute atomic E-state index is 13.0. The van der Waals surface area contributed by atoms with Crippen molar-refractivity contribution in [3.8, 4) is 0 Å². The number of carbonyl (C=O) groups is 1. The quantitative estimate of drug-likeness (QED) is 0.720. The predicted octanol–water partition coefficient (Wildman–Crippen LogP) is 0.604. The Labute approximate surface area is 151 Å². The van der Waals surface area contributed by atoms with E-state index >= 15 is 0 Å². The molecule has 0 fully saturated rings. The van der Waals surface area contributed by atoms with Crippen LogP contribution in [0.15, 0.2) is 17.2 Å². The van der Waals surface area contributed by atoms with E-state index in [1.807, 2.05) is 18.9 Å². The molecule has 0 radical (unpaired) electrons. The molecule has 0 atom stereocenters. The second kappa shape index (κ2) is 7.12. The first kappa shape index (κ1) is 17.9. The van der Waals surface area contributed by atoms with Gasteiger partial charge in [0.2, 0.25) is 0 Å². The fourth-order valence-electron chi connectivity index (χ4n) is 3.00. The van der Waals surface area contributed by atoms with E-state index in [4.69, 9.17) is 5.73 Å². The number of hydrogen-bond donors (Lipinski definition) is 3. The number of nitrogens with two attached hydrogens (primary N) is 1. The number of nitrogen functional groups attached to an aromatic ring is 1. The molecular formula is C17H23N7O2. The zero-order valence-electron chi connectivity index (χ0n) is 15.2. The van der Waals surface area contributed by atoms with Crippen molar-refractivity contribution in [3.05, 3.63) is 39.6 Å². The maximum atomic E-state index is 13.0. The van der Waals surface area contributed by atoms with Crippen LogP contribution in [0.1, 0.15) is 28.0 Å². The standard InChI is InChI=1S/C17H23N7O2/c1-10-7-12(22-15-11(2)14(18)19-8-20-15)17(26)24-6-4-5-23(3)9-21-16(25)13(10)24/h7-8H,4-6,9H2,1-3H3,(H,21,25)(H3,18,19,20,22). The summed E-state index contributed by atoms with van der Waals surface area (Å²) >= 11 is 0. The molecule has 1 aliphatic heterocycles. The van der Waals surface area contributed by atoms with Gasteiger partial charge in [0, 0.05) is 18.7 Å². The van der Waals surface area contributed by atoms with Crippen molar-refractivity contribution >= 4 is 23.2 Å². The maximum Gasteiger partial charge on any atom is 0.274 e. The van der Waals surface area contributed by atoms with Crippen LogP contribution in [-0.4, -0.2) is 45.6 Å². The van der Waals surface area contributed by atoms with Gasteiger partial charge >= 0.3 is 0 Å². The average Bonchev–Trinajstić information content (AvgIpc) is 2.67. The smallest absolute Gasteiger partial charge is 0.274 e. The van der Waals surface area contributed by atoms with Crippen molar-refractivity contribution in [1.82, 2.24) is 24.8 Å². The van der Waals surface area contributed by atoms with Gasteiger partial charge < -0.3 is 20.9 Å². The number of anilines is 3. The van der Waals surface area contributed by atoms with E-state index in [9.17, 15) is 9.59 Å². The highest BCUT2D eigenvalue weighted by molar-refractivity contribution is 5.94. The van der Waals surface area contributed by atoms with Gasteiger partial charge in [-0.2, -0.15) is 0 Å². The number of carbonyl (C=O) groups excluding carboxylic acids is 1. The van der Waals surface area contributed by atoms with Crippen molar-refractivity contribution in [2.45, 2.75) is 26.8 Å². The number of pyridine rings is 1. The summed E-state index contributed by atoms with van der Waals surface area (Å²) in [4.78, 5) is 35.6. The normalized spacial score (nSPS) is 15.4. The minimum absolute atomic E-state index is 0.248. The second-order valence-corrected chi connectivity index (χ2v) is 6.50. The molecule has 2 aromatic rings. The molecule has 1 aliphatic rings. The second-order valence-electron chi connectivity index (χ2n) is 6.50. The van der Waals surface area contributed by atoms with Crippen LogP contribution in [0.25, 0.3) is 0 Å². The van der Waals surface area contributed by atoms with Gasteiger partial charge in [0.1, 0.15) is 29.3 Å². The molecule has 3 heterocycles. The minimum Gasteiger partial charge on any atom is -0.383 e. The van der Waals surface area contributed by atoms with Gasteiger partial charge in [-0.3, -0.25) is 14.5 Å². The van der Waals surface area contributed by atoms with Crippen LogP contribution < -0.4 is 21.9 Å². The zero-order valence-corrected chi connectivity index (χ0v) is 15.2. The van der Waals surface area contributed by atoms with Crippen LogP contribution in [-0.2, 0) is 6.54 Å². The van der Waals surface area contributed by atoms with Gasteiger partial charge in [-0.05, 0) is 38.9 Å². The van der Waals surface area contributed by atoms with Crippen LogP contribution >= 0.6 is 0 Å². The summed E-state index contributed by atoms with van der Waals surface area (Å²) in [6.07, 6.45) is 2.11. The third-order valence-corrected chi connectivity index (χ3v) is 4.50. The molecule has 0 unspecified atom stereocenters. The summed E-state index contributed by atoms with van der Waals surface area (Å²) in [5, 5.41) is 5.89. The molecule has 4 N–H and O–H groups in total. The number of rotatable bonds is 2. The Kier molecular flexibility index (Phi) is 4.90. The Balaban J connectivity index is 2.06. The van der Waals surface area contributed by atoms with Gasteiger partial charge in [0.05, 0.1) is 6.67 Å². The zero-order chi connectivity index (χ0) is 18.8. The first-order valence-corrected chi connectivity index (χ1v) is 8.43. The molecular weight excluding hydrogens is 334 g/mol. The molecule has 2 aromatic heterocycles. The number of fused-ring (bicyclic) bond motifs is 1. The molecule has 1 amide bonds. The van der Waals surface area contributed by atoms with Gasteiger partial charge in [0.25, 0.3) is 11.5 Å². The van der Waals surface area contributed by atoms with Crippen LogP contribution in [0.3, 0.4) is 0 Å². The molecule has 0 saturated heterocycles. The monoisotopic (exact) mass is 357 g/mol. The molecule has 9 heteroatoms. The van der Waals surface area contributed by atoms with E-state index < -0.39 is 0 Å². The fourth-order valence-corrected chi connectivity index (χ4v) is 3.00. The Morgan fingerprint density at radius 1 is 1.23 bits per heavy atom. The van der Waals surface area contributed by atoms with E-state index in [-0.39, 0.29) is 11.5 Å². The Morgan fingerprint density at radius 2 is 2.00 bits per heavy atom. The van der Waals surface area contributed by atoms with Crippen molar-refractivity contribution < 1.29 is 4.79 Å². The molecule has 3 rings (SSSR count). The highest BCUT2D eigenvalue weighted by Gasteiger charge is 2.21. The van der Waals surface area contributed by atoms with Crippen molar-refractivity contribution in [1.29, 1.82) is 0 Å². The van der Waals surface area contributed by atoms with Gasteiger partial charge in [-0.15, -0.1) is 0 Å². The summed E-state index contributed by atoms with van der Waals surface area (Å²) in [6, 6.07) is 1.67. The van der Waals surface area contributed by atoms with E-state index in [0.29, 0.717) is 47.4 Å². The lowest BCUT2D eigenvalue weighted by atomic mass is 10.1. The lowest BCUT2D eigenvalue weighted by Gasteiger charge is -2.17. The Morgan fingerprint density at radius 3 is 2.77 bits per heavy atom. The van der Waals surface area contributed by atoms with E-state index in [2.05, 4.69) is 20.6 Å². The summed E-state index contributed by atoms with van der Waals surface area (Å²) in [6.45, 7) is 5.30. The fraction of sp³-hybridized carbons (Fsp3) is 0.412. The van der Waals surface area contributed by atoms with Crippen LogP contribution in [0, 0.1) is 13.8 Å². The van der Waals surface area contributed by atoms with Gasteiger partial charge in [-0.1, -0.05) is 0 Å². The Hall–Kier alpha value is -2.94. The molecule has 0 saturated carbocycles. The topological polar surface area (TPSA) is 118 Å². The van der Waals surface area contributed by atoms with E-state index in [1.54, 1.807) is 13.0 Å². The van der Waals surface area contributed by atoms with Gasteiger partial charge in [-0.25, -0.2) is 9.97 Å². The first-order valence-electron chi connectivity index (χ1n) is 8.43. The molecule has 138 valence electrons. The number of nitrogens with one attached hydrogen (secondary N) is 2. The lowest BCUT2D eigenvalue weighted by molar-refractivity contribution is 0.0924. The van der Waals surface area contributed by atoms with Crippen molar-refractivity contribution in [2.75, 3.05) is 31.3 Å². The summed E-state index contributed by atoms with van der Waals surface area (Å²) < 4.78 is 1.53. The van der Waals surface area contributed by atoms with Crippen molar-refractivity contribution in [2.24, 2.45) is 0 Å². The molecule has 0 aromatic carbocycles. The molecule has 26 heavy (non-hydrogen) atoms. The van der Waals surface area contributed by atoms with Crippen LogP contribution in [0.4, 0.5) is 17.3 Å². The number of aromatic nitrogens is 3. The largest absolute Gasteiger partial charge is 0.383 e. The molecule has 9 nitrogen and oxygen atoms in total. The Bertz CT molecular complexity index is 907. The third-order valence-electron chi connectivity index (χ3n) is 4.50. The molecule has 0 spiro atoms. The number of amides is 1. The predicted molar refractivity (Wildman–Crippen MR) is 99.5 cm³/mol. The van der Waals surface area contributed by atoms with Crippen LogP contribution in [0.2, 0.25) is 0 Å². The van der Waals surface area contributed by atoms with E-state index in [0.717, 1.165) is 13.0 Å². The minimum atomic E-state index is -0.262. The number of nitrogens with zero attached hydrogens (tertiary/aromatic N) is 4. The SMILES string of the molecule is Cc1cc(Nc2ncnc(N)c2C)c(=O)n2c1C(=O)NCN(C)CCC2. The number of hydrogen-bond acceptors (Lipinski definition) is 7. The van der Waals surface area contributed by atoms with E-state index in [1.165, 1.54) is 10.9 Å². The highest BCUT2D eigenvalue weighted by atomic mass is 16.2. The summed E-state index contributed by atoms with van der Waals surface area (Å²) in [5.74, 6) is 0.577. The lowest BCUT2D eigenvalue weighted by Crippen LogP contribution is -2.37. The average molecular weight is 357 g/mol. The summed E-state index contributed by atoms with van der Waals surface area (Å²) in [5.41, 5.74) is 7.68. The molecule has 0 aliphatic carbocycles. The highest BCUT2D eigenvalue weighted by Crippen LogP contribution is 2.20. The van der Waals surface area contributed by atoms with Crippen LogP contribution in [0.5, 0.6) is 0 Å².